The van der Waals surface area contributed by atoms with Crippen LogP contribution in [0.1, 0.15) is 83.1 Å². The molecule has 4 rings (SSSR count). The maximum atomic E-state index is 11.5. The Kier molecular flexibility index (Phi) is 8.57. The molecule has 1 aliphatic heterocycles. The van der Waals surface area contributed by atoms with Crippen molar-refractivity contribution in [3.63, 3.8) is 0 Å². The van der Waals surface area contributed by atoms with Gasteiger partial charge in [-0.15, -0.1) is 0 Å². The van der Waals surface area contributed by atoms with E-state index in [9.17, 15) is 9.90 Å². The summed E-state index contributed by atoms with van der Waals surface area (Å²) < 4.78 is 23.2. The third-order valence-electron chi connectivity index (χ3n) is 6.76. The molecule has 2 aliphatic rings. The molecule has 0 bridgehead atoms. The highest BCUT2D eigenvalue weighted by molar-refractivity contribution is 5.62. The van der Waals surface area contributed by atoms with Gasteiger partial charge in [0.1, 0.15) is 6.61 Å². The van der Waals surface area contributed by atoms with Gasteiger partial charge in [-0.3, -0.25) is 0 Å². The molecule has 2 heterocycles. The van der Waals surface area contributed by atoms with Crippen LogP contribution in [-0.2, 0) is 20.0 Å². The zero-order valence-electron chi connectivity index (χ0n) is 20.5. The predicted octanol–water partition coefficient (Wildman–Crippen LogP) is 6.44. The van der Waals surface area contributed by atoms with Gasteiger partial charge >= 0.3 is 12.2 Å². The number of carboxylic acid groups (broad SMARTS) is 1. The fourth-order valence-electron chi connectivity index (χ4n) is 4.82. The highest BCUT2D eigenvalue weighted by atomic mass is 16.9. The highest BCUT2D eigenvalue weighted by Gasteiger charge is 2.54. The SMILES string of the molecule is CCCCCCCCOc1ncc(-c2ccc([C@@]3(OC(=O)O)COC4(CCCCC4)O3)cc2)cn1. The lowest BCUT2D eigenvalue weighted by atomic mass is 9.94. The van der Waals surface area contributed by atoms with Crippen LogP contribution < -0.4 is 4.74 Å². The van der Waals surface area contributed by atoms with Crippen molar-refractivity contribution >= 4 is 6.16 Å². The van der Waals surface area contributed by atoms with Crippen molar-refractivity contribution in [2.75, 3.05) is 13.2 Å². The summed E-state index contributed by atoms with van der Waals surface area (Å²) >= 11 is 0. The average Bonchev–Trinajstić information content (AvgIpc) is 3.22. The summed E-state index contributed by atoms with van der Waals surface area (Å²) in [7, 11) is 0. The van der Waals surface area contributed by atoms with Crippen molar-refractivity contribution in [1.82, 2.24) is 9.97 Å². The lowest BCUT2D eigenvalue weighted by Gasteiger charge is -2.34. The van der Waals surface area contributed by atoms with E-state index in [-0.39, 0.29) is 6.61 Å². The molecule has 1 atom stereocenters. The minimum atomic E-state index is -1.47. The van der Waals surface area contributed by atoms with E-state index in [1.807, 2.05) is 24.3 Å². The lowest BCUT2D eigenvalue weighted by molar-refractivity contribution is -0.264. The Balaban J connectivity index is 1.37. The third-order valence-corrected chi connectivity index (χ3v) is 6.76. The monoisotopic (exact) mass is 484 g/mol. The Morgan fingerprint density at radius 2 is 1.66 bits per heavy atom. The van der Waals surface area contributed by atoms with Gasteiger partial charge in [0, 0.05) is 36.4 Å². The zero-order chi connectivity index (χ0) is 24.6. The van der Waals surface area contributed by atoms with Gasteiger partial charge in [0.15, 0.2) is 5.79 Å². The summed E-state index contributed by atoms with van der Waals surface area (Å²) in [6.07, 6.45) is 13.9. The van der Waals surface area contributed by atoms with Crippen LogP contribution in [0.25, 0.3) is 11.1 Å². The van der Waals surface area contributed by atoms with E-state index in [0.29, 0.717) is 18.2 Å². The van der Waals surface area contributed by atoms with Gasteiger partial charge in [-0.2, -0.15) is 0 Å². The molecule has 2 fully saturated rings. The first-order valence-corrected chi connectivity index (χ1v) is 12.9. The van der Waals surface area contributed by atoms with Crippen LogP contribution in [0.15, 0.2) is 36.7 Å². The molecule has 1 aromatic heterocycles. The quantitative estimate of drug-likeness (QED) is 0.287. The molecular formula is C27H36N2O6. The smallest absolute Gasteiger partial charge is 0.463 e. The van der Waals surface area contributed by atoms with Gasteiger partial charge in [-0.25, -0.2) is 14.8 Å². The molecule has 8 nitrogen and oxygen atoms in total. The standard InChI is InChI=1S/C27H36N2O6/c1-2-3-4-5-6-10-17-32-24-28-18-22(19-29-24)21-11-13-23(14-12-21)27(34-25(30)31)20-33-26(35-27)15-8-7-9-16-26/h11-14,18-19H,2-10,15-17,20H2,1H3,(H,30,31)/t27-/m1/s1. The van der Waals surface area contributed by atoms with Crippen LogP contribution in [-0.4, -0.2) is 40.2 Å². The molecule has 2 aromatic rings. The number of nitrogens with zero attached hydrogens (tertiary/aromatic N) is 2. The van der Waals surface area contributed by atoms with Crippen LogP contribution in [0.5, 0.6) is 6.01 Å². The fourth-order valence-corrected chi connectivity index (χ4v) is 4.82. The van der Waals surface area contributed by atoms with Gasteiger partial charge < -0.3 is 24.1 Å². The van der Waals surface area contributed by atoms with E-state index in [1.165, 1.54) is 25.7 Å². The first-order valence-electron chi connectivity index (χ1n) is 12.9. The maximum absolute atomic E-state index is 11.5. The van der Waals surface area contributed by atoms with Crippen LogP contribution in [0, 0.1) is 0 Å². The molecule has 1 saturated heterocycles. The van der Waals surface area contributed by atoms with Gasteiger partial charge in [0.2, 0.25) is 0 Å². The van der Waals surface area contributed by atoms with Crippen LogP contribution in [0.3, 0.4) is 0 Å². The largest absolute Gasteiger partial charge is 0.508 e. The second kappa shape index (κ2) is 11.8. The topological polar surface area (TPSA) is 100 Å². The average molecular weight is 485 g/mol. The minimum Gasteiger partial charge on any atom is -0.463 e. The van der Waals surface area contributed by atoms with E-state index < -0.39 is 17.7 Å². The van der Waals surface area contributed by atoms with Gasteiger partial charge in [0.25, 0.3) is 5.79 Å². The molecule has 1 aliphatic carbocycles. The summed E-state index contributed by atoms with van der Waals surface area (Å²) in [5.74, 6) is -2.24. The predicted molar refractivity (Wildman–Crippen MR) is 130 cm³/mol. The van der Waals surface area contributed by atoms with Crippen molar-refractivity contribution in [2.24, 2.45) is 0 Å². The summed E-state index contributed by atoms with van der Waals surface area (Å²) in [4.78, 5) is 20.2. The van der Waals surface area contributed by atoms with Crippen LogP contribution >= 0.6 is 0 Å². The van der Waals surface area contributed by atoms with Gasteiger partial charge in [0.05, 0.1) is 6.61 Å². The summed E-state index contributed by atoms with van der Waals surface area (Å²) in [5, 5.41) is 9.39. The molecule has 35 heavy (non-hydrogen) atoms. The van der Waals surface area contributed by atoms with Crippen molar-refractivity contribution in [3.8, 4) is 17.1 Å². The number of aromatic nitrogens is 2. The Bertz CT molecular complexity index is 943. The second-order valence-corrected chi connectivity index (χ2v) is 9.43. The number of ether oxygens (including phenoxy) is 4. The molecule has 0 unspecified atom stereocenters. The zero-order valence-corrected chi connectivity index (χ0v) is 20.5. The van der Waals surface area contributed by atoms with E-state index in [1.54, 1.807) is 12.4 Å². The first-order chi connectivity index (χ1) is 17.0. The fraction of sp³-hybridized carbons (Fsp3) is 0.593. The Hall–Kier alpha value is -2.71. The Morgan fingerprint density at radius 1 is 0.971 bits per heavy atom. The Morgan fingerprint density at radius 3 is 2.34 bits per heavy atom. The van der Waals surface area contributed by atoms with Crippen molar-refractivity contribution in [2.45, 2.75) is 89.1 Å². The van der Waals surface area contributed by atoms with Crippen molar-refractivity contribution < 1.29 is 28.8 Å². The van der Waals surface area contributed by atoms with Gasteiger partial charge in [-0.05, 0) is 24.8 Å². The Labute approximate surface area is 207 Å². The molecular weight excluding hydrogens is 448 g/mol. The molecule has 1 N–H and O–H groups in total. The molecule has 0 amide bonds. The van der Waals surface area contributed by atoms with Gasteiger partial charge in [-0.1, -0.05) is 69.7 Å². The minimum absolute atomic E-state index is 0.0341. The maximum Gasteiger partial charge on any atom is 0.508 e. The number of rotatable bonds is 11. The molecule has 0 radical (unpaired) electrons. The number of benzene rings is 1. The number of hydrogen-bond donors (Lipinski definition) is 1. The van der Waals surface area contributed by atoms with E-state index >= 15 is 0 Å². The van der Waals surface area contributed by atoms with E-state index in [2.05, 4.69) is 16.9 Å². The summed E-state index contributed by atoms with van der Waals surface area (Å²) in [6, 6.07) is 7.76. The van der Waals surface area contributed by atoms with E-state index in [4.69, 9.17) is 18.9 Å². The normalized spacial score (nSPS) is 21.2. The second-order valence-electron chi connectivity index (χ2n) is 9.43. The van der Waals surface area contributed by atoms with Crippen LogP contribution in [0.4, 0.5) is 4.79 Å². The van der Waals surface area contributed by atoms with Crippen LogP contribution in [0.2, 0.25) is 0 Å². The molecule has 190 valence electrons. The third kappa shape index (κ3) is 6.49. The molecule has 1 aromatic carbocycles. The number of unbranched alkanes of at least 4 members (excludes halogenated alkanes) is 5. The molecule has 1 saturated carbocycles. The first kappa shape index (κ1) is 25.4. The van der Waals surface area contributed by atoms with Crippen molar-refractivity contribution in [1.29, 1.82) is 0 Å². The number of carbonyl (C=O) groups is 1. The summed E-state index contributed by atoms with van der Waals surface area (Å²) in [6.45, 7) is 2.87. The lowest BCUT2D eigenvalue weighted by Crippen LogP contribution is -2.39. The number of hydrogen-bond acceptors (Lipinski definition) is 7. The summed E-state index contributed by atoms with van der Waals surface area (Å²) in [5.41, 5.74) is 2.34. The van der Waals surface area contributed by atoms with E-state index in [0.717, 1.165) is 56.1 Å². The highest BCUT2D eigenvalue weighted by Crippen LogP contribution is 2.47. The molecule has 1 spiro atoms. The molecule has 8 heteroatoms. The van der Waals surface area contributed by atoms with Crippen molar-refractivity contribution in [3.05, 3.63) is 42.2 Å².